The first-order chi connectivity index (χ1) is 8.25. The van der Waals surface area contributed by atoms with Gasteiger partial charge in [-0.2, -0.15) is 0 Å². The van der Waals surface area contributed by atoms with Crippen molar-refractivity contribution in [2.24, 2.45) is 0 Å². The number of Topliss-reactive ketones (excluding diaryl/α,β-unsaturated/α-hetero) is 1. The summed E-state index contributed by atoms with van der Waals surface area (Å²) in [6, 6.07) is 1.76. The minimum atomic E-state index is 0.107. The van der Waals surface area contributed by atoms with E-state index in [1.54, 1.807) is 12.3 Å². The summed E-state index contributed by atoms with van der Waals surface area (Å²) < 4.78 is 5.91. The Bertz CT molecular complexity index is 331. The Morgan fingerprint density at radius 1 is 1.18 bits per heavy atom. The minimum absolute atomic E-state index is 0.107. The van der Waals surface area contributed by atoms with E-state index in [-0.39, 0.29) is 5.78 Å². The van der Waals surface area contributed by atoms with E-state index in [0.717, 1.165) is 17.3 Å². The lowest BCUT2D eigenvalue weighted by Crippen LogP contribution is -1.97. The van der Waals surface area contributed by atoms with Crippen LogP contribution in [0.4, 0.5) is 0 Å². The molecule has 1 rings (SSSR count). The number of hydrogen-bond donors (Lipinski definition) is 0. The summed E-state index contributed by atoms with van der Waals surface area (Å²) in [5, 5.41) is 0. The number of unbranched alkanes of at least 4 members (excludes halogenated alkanes) is 6. The fraction of sp³-hybridized carbons (Fsp3) is 0.643. The van der Waals surface area contributed by atoms with Gasteiger partial charge in [-0.25, -0.2) is 0 Å². The minimum Gasteiger partial charge on any atom is -0.460 e. The second kappa shape index (κ2) is 8.51. The van der Waals surface area contributed by atoms with Gasteiger partial charge in [0.05, 0.1) is 10.7 Å². The topological polar surface area (TPSA) is 30.2 Å². The lowest BCUT2D eigenvalue weighted by molar-refractivity contribution is 0.0951. The standard InChI is InChI=1S/C14H21BrO2/c1-2-3-4-5-6-7-8-9-13(16)14-12(15)10-11-17-14/h10-11H,2-9H2,1H3. The van der Waals surface area contributed by atoms with Gasteiger partial charge in [-0.15, -0.1) is 0 Å². The summed E-state index contributed by atoms with van der Waals surface area (Å²) in [4.78, 5) is 11.7. The molecule has 0 amide bonds. The van der Waals surface area contributed by atoms with Crippen LogP contribution in [0.3, 0.4) is 0 Å². The van der Waals surface area contributed by atoms with E-state index in [1.165, 1.54) is 32.1 Å². The molecule has 0 aromatic carbocycles. The highest BCUT2D eigenvalue weighted by molar-refractivity contribution is 9.10. The van der Waals surface area contributed by atoms with Gasteiger partial charge in [-0.1, -0.05) is 45.4 Å². The molecule has 2 nitrogen and oxygen atoms in total. The van der Waals surface area contributed by atoms with Crippen LogP contribution in [0, 0.1) is 0 Å². The second-order valence-corrected chi connectivity index (χ2v) is 5.25. The molecule has 0 bridgehead atoms. The number of hydrogen-bond acceptors (Lipinski definition) is 2. The maximum atomic E-state index is 11.7. The number of furan rings is 1. The maximum absolute atomic E-state index is 11.7. The normalized spacial score (nSPS) is 10.7. The molecule has 0 saturated carbocycles. The lowest BCUT2D eigenvalue weighted by atomic mass is 10.1. The second-order valence-electron chi connectivity index (χ2n) is 4.39. The van der Waals surface area contributed by atoms with Gasteiger partial charge in [0.15, 0.2) is 11.5 Å². The lowest BCUT2D eigenvalue weighted by Gasteiger charge is -2.00. The van der Waals surface area contributed by atoms with Gasteiger partial charge in [0, 0.05) is 6.42 Å². The zero-order valence-electron chi connectivity index (χ0n) is 10.5. The molecule has 0 unspecified atom stereocenters. The molecule has 0 saturated heterocycles. The smallest absolute Gasteiger partial charge is 0.199 e. The Kier molecular flexibility index (Phi) is 7.25. The summed E-state index contributed by atoms with van der Waals surface area (Å²) in [6.07, 6.45) is 10.7. The quantitative estimate of drug-likeness (QED) is 0.453. The molecule has 0 aliphatic rings. The molecule has 0 radical (unpaired) electrons. The average Bonchev–Trinajstić information content (AvgIpc) is 2.74. The van der Waals surface area contributed by atoms with Crippen LogP contribution >= 0.6 is 15.9 Å². The molecule has 0 fully saturated rings. The molecule has 1 heterocycles. The van der Waals surface area contributed by atoms with Gasteiger partial charge in [0.2, 0.25) is 0 Å². The van der Waals surface area contributed by atoms with E-state index in [4.69, 9.17) is 4.42 Å². The number of halogens is 1. The molecule has 0 aliphatic heterocycles. The van der Waals surface area contributed by atoms with Crippen molar-refractivity contribution >= 4 is 21.7 Å². The van der Waals surface area contributed by atoms with Crippen LogP contribution in [0.15, 0.2) is 21.2 Å². The number of ketones is 1. The van der Waals surface area contributed by atoms with E-state index >= 15 is 0 Å². The Morgan fingerprint density at radius 2 is 1.82 bits per heavy atom. The predicted molar refractivity (Wildman–Crippen MR) is 73.3 cm³/mol. The van der Waals surface area contributed by atoms with Crippen LogP contribution < -0.4 is 0 Å². The highest BCUT2D eigenvalue weighted by atomic mass is 79.9. The third kappa shape index (κ3) is 5.53. The Labute approximate surface area is 112 Å². The third-order valence-corrected chi connectivity index (χ3v) is 3.50. The first-order valence-corrected chi connectivity index (χ1v) is 7.31. The number of carbonyl (C=O) groups excluding carboxylic acids is 1. The first kappa shape index (κ1) is 14.5. The SMILES string of the molecule is CCCCCCCCCC(=O)c1occc1Br. The monoisotopic (exact) mass is 300 g/mol. The maximum Gasteiger partial charge on any atom is 0.199 e. The molecule has 0 N–H and O–H groups in total. The Hall–Kier alpha value is -0.570. The van der Waals surface area contributed by atoms with Crippen molar-refractivity contribution < 1.29 is 9.21 Å². The van der Waals surface area contributed by atoms with Crippen molar-refractivity contribution in [1.29, 1.82) is 0 Å². The van der Waals surface area contributed by atoms with Gasteiger partial charge in [-0.3, -0.25) is 4.79 Å². The summed E-state index contributed by atoms with van der Waals surface area (Å²) >= 11 is 3.30. The van der Waals surface area contributed by atoms with Crippen molar-refractivity contribution in [3.05, 3.63) is 22.6 Å². The van der Waals surface area contributed by atoms with E-state index in [1.807, 2.05) is 0 Å². The molecule has 96 valence electrons. The van der Waals surface area contributed by atoms with Crippen LogP contribution in [0.5, 0.6) is 0 Å². The fourth-order valence-electron chi connectivity index (χ4n) is 1.85. The zero-order chi connectivity index (χ0) is 12.5. The molecular formula is C14H21BrO2. The molecule has 3 heteroatoms. The van der Waals surface area contributed by atoms with Crippen molar-refractivity contribution in [2.45, 2.75) is 58.3 Å². The van der Waals surface area contributed by atoms with Crippen molar-refractivity contribution in [1.82, 2.24) is 0 Å². The molecule has 0 atom stereocenters. The summed E-state index contributed by atoms with van der Waals surface area (Å²) in [5.74, 6) is 0.575. The van der Waals surface area contributed by atoms with Crippen LogP contribution in [0.1, 0.15) is 68.8 Å². The number of rotatable bonds is 9. The molecule has 1 aromatic rings. The van der Waals surface area contributed by atoms with Crippen molar-refractivity contribution in [2.75, 3.05) is 0 Å². The predicted octanol–water partition coefficient (Wildman–Crippen LogP) is 5.37. The van der Waals surface area contributed by atoms with Gasteiger partial charge in [0.1, 0.15) is 0 Å². The van der Waals surface area contributed by atoms with Crippen LogP contribution in [0.2, 0.25) is 0 Å². The summed E-state index contributed by atoms with van der Waals surface area (Å²) in [6.45, 7) is 2.22. The summed E-state index contributed by atoms with van der Waals surface area (Å²) in [5.41, 5.74) is 0. The van der Waals surface area contributed by atoms with Gasteiger partial charge < -0.3 is 4.42 Å². The van der Waals surface area contributed by atoms with Crippen LogP contribution in [-0.2, 0) is 0 Å². The third-order valence-electron chi connectivity index (χ3n) is 2.88. The molecule has 17 heavy (non-hydrogen) atoms. The highest BCUT2D eigenvalue weighted by Gasteiger charge is 2.12. The van der Waals surface area contributed by atoms with E-state index in [2.05, 4.69) is 22.9 Å². The van der Waals surface area contributed by atoms with E-state index in [9.17, 15) is 4.79 Å². The van der Waals surface area contributed by atoms with E-state index in [0.29, 0.717) is 12.2 Å². The van der Waals surface area contributed by atoms with Crippen LogP contribution in [-0.4, -0.2) is 5.78 Å². The average molecular weight is 301 g/mol. The van der Waals surface area contributed by atoms with Crippen molar-refractivity contribution in [3.8, 4) is 0 Å². The zero-order valence-corrected chi connectivity index (χ0v) is 12.1. The van der Waals surface area contributed by atoms with Crippen molar-refractivity contribution in [3.63, 3.8) is 0 Å². The fourth-order valence-corrected chi connectivity index (χ4v) is 2.27. The number of carbonyl (C=O) groups is 1. The first-order valence-electron chi connectivity index (χ1n) is 6.52. The van der Waals surface area contributed by atoms with Crippen LogP contribution in [0.25, 0.3) is 0 Å². The van der Waals surface area contributed by atoms with E-state index < -0.39 is 0 Å². The van der Waals surface area contributed by atoms with Gasteiger partial charge in [0.25, 0.3) is 0 Å². The Morgan fingerprint density at radius 3 is 2.41 bits per heavy atom. The van der Waals surface area contributed by atoms with Gasteiger partial charge >= 0.3 is 0 Å². The largest absolute Gasteiger partial charge is 0.460 e. The Balaban J connectivity index is 2.07. The van der Waals surface area contributed by atoms with Gasteiger partial charge in [-0.05, 0) is 28.4 Å². The highest BCUT2D eigenvalue weighted by Crippen LogP contribution is 2.20. The molecular weight excluding hydrogens is 280 g/mol. The molecule has 0 spiro atoms. The molecule has 0 aliphatic carbocycles. The summed E-state index contributed by atoms with van der Waals surface area (Å²) in [7, 11) is 0. The molecule has 1 aromatic heterocycles.